The van der Waals surface area contributed by atoms with Crippen LogP contribution in [0.3, 0.4) is 0 Å². The van der Waals surface area contributed by atoms with E-state index in [0.29, 0.717) is 5.46 Å². The Kier molecular flexibility index (Phi) is 2.45. The van der Waals surface area contributed by atoms with Crippen molar-refractivity contribution in [1.29, 1.82) is 0 Å². The lowest BCUT2D eigenvalue weighted by molar-refractivity contribution is -0.127. The molecule has 0 fully saturated rings. The monoisotopic (exact) mass is 170 g/mol. The maximum Gasteiger partial charge on any atom is 0.393 e. The average Bonchev–Trinajstić information content (AvgIpc) is 1.82. The quantitative estimate of drug-likeness (QED) is 0.561. The lowest BCUT2D eigenvalue weighted by Gasteiger charge is -2.06. The van der Waals surface area contributed by atoms with Crippen LogP contribution in [0.15, 0.2) is 24.3 Å². The minimum absolute atomic E-state index is 0.197. The second-order valence-corrected chi connectivity index (χ2v) is 2.54. The fourth-order valence-electron chi connectivity index (χ4n) is 0.935. The molecular formula is C8H6BF3. The zero-order chi connectivity index (χ0) is 9.19. The topological polar surface area (TPSA) is 0 Å². The summed E-state index contributed by atoms with van der Waals surface area (Å²) in [5, 5.41) is 0. The molecule has 0 saturated heterocycles. The molecule has 0 atom stereocenters. The van der Waals surface area contributed by atoms with E-state index in [1.54, 1.807) is 6.07 Å². The van der Waals surface area contributed by atoms with Crippen LogP contribution in [0.4, 0.5) is 13.2 Å². The molecule has 0 aliphatic rings. The van der Waals surface area contributed by atoms with Gasteiger partial charge in [-0.3, -0.25) is 0 Å². The van der Waals surface area contributed by atoms with Gasteiger partial charge in [0.05, 0.1) is 6.42 Å². The smallest absolute Gasteiger partial charge is 0.171 e. The summed E-state index contributed by atoms with van der Waals surface area (Å²) >= 11 is 0. The number of alkyl halides is 3. The highest BCUT2D eigenvalue weighted by atomic mass is 19.4. The van der Waals surface area contributed by atoms with E-state index in [1.165, 1.54) is 18.2 Å². The summed E-state index contributed by atoms with van der Waals surface area (Å²) < 4.78 is 35.5. The molecule has 0 N–H and O–H groups in total. The van der Waals surface area contributed by atoms with E-state index in [1.807, 2.05) is 0 Å². The number of hydrogen-bond acceptors (Lipinski definition) is 0. The van der Waals surface area contributed by atoms with Crippen LogP contribution in [-0.4, -0.2) is 14.0 Å². The fraction of sp³-hybridized carbons (Fsp3) is 0.250. The molecule has 0 unspecified atom stereocenters. The van der Waals surface area contributed by atoms with Gasteiger partial charge in [-0.05, 0) is 5.56 Å². The summed E-state index contributed by atoms with van der Waals surface area (Å²) in [4.78, 5) is 0. The minimum atomic E-state index is -4.16. The standard InChI is InChI=1S/C8H6BF3/c9-7-3-1-2-6(4-7)5-8(10,11)12/h1-4H,5H2. The number of halogens is 3. The molecule has 0 bridgehead atoms. The van der Waals surface area contributed by atoms with Crippen molar-refractivity contribution in [3.8, 4) is 0 Å². The molecule has 1 rings (SSSR count). The van der Waals surface area contributed by atoms with Crippen molar-refractivity contribution < 1.29 is 13.2 Å². The molecule has 0 amide bonds. The molecular weight excluding hydrogens is 164 g/mol. The highest BCUT2D eigenvalue weighted by Crippen LogP contribution is 2.20. The van der Waals surface area contributed by atoms with Crippen LogP contribution in [0.1, 0.15) is 5.56 Å². The van der Waals surface area contributed by atoms with Gasteiger partial charge in [0.15, 0.2) is 0 Å². The Labute approximate surface area is 69.8 Å². The molecule has 2 radical (unpaired) electrons. The fourth-order valence-corrected chi connectivity index (χ4v) is 0.935. The maximum atomic E-state index is 11.8. The highest BCUT2D eigenvalue weighted by Gasteiger charge is 2.27. The van der Waals surface area contributed by atoms with Crippen LogP contribution in [-0.2, 0) is 6.42 Å². The van der Waals surface area contributed by atoms with E-state index in [2.05, 4.69) is 0 Å². The molecule has 1 aromatic rings. The second-order valence-electron chi connectivity index (χ2n) is 2.54. The largest absolute Gasteiger partial charge is 0.393 e. The molecule has 0 saturated carbocycles. The zero-order valence-electron chi connectivity index (χ0n) is 6.23. The molecule has 62 valence electrons. The summed E-state index contributed by atoms with van der Waals surface area (Å²) in [6.45, 7) is 0. The first-order valence-electron chi connectivity index (χ1n) is 3.38. The van der Waals surface area contributed by atoms with Crippen LogP contribution < -0.4 is 5.46 Å². The molecule has 4 heteroatoms. The van der Waals surface area contributed by atoms with Crippen molar-refractivity contribution in [1.82, 2.24) is 0 Å². The van der Waals surface area contributed by atoms with Crippen LogP contribution >= 0.6 is 0 Å². The maximum absolute atomic E-state index is 11.8. The Morgan fingerprint density at radius 2 is 1.92 bits per heavy atom. The van der Waals surface area contributed by atoms with Gasteiger partial charge in [0, 0.05) is 0 Å². The highest BCUT2D eigenvalue weighted by molar-refractivity contribution is 6.32. The van der Waals surface area contributed by atoms with Crippen molar-refractivity contribution in [2.24, 2.45) is 0 Å². The Balaban J connectivity index is 2.77. The number of hydrogen-bond donors (Lipinski definition) is 0. The van der Waals surface area contributed by atoms with E-state index in [0.717, 1.165) is 0 Å². The molecule has 0 aromatic heterocycles. The number of rotatable bonds is 1. The molecule has 0 nitrogen and oxygen atoms in total. The van der Waals surface area contributed by atoms with Crippen molar-refractivity contribution in [2.75, 3.05) is 0 Å². The van der Waals surface area contributed by atoms with Gasteiger partial charge >= 0.3 is 6.18 Å². The Hall–Kier alpha value is -0.925. The third-order valence-electron chi connectivity index (χ3n) is 1.36. The summed E-state index contributed by atoms with van der Waals surface area (Å²) in [7, 11) is 5.31. The van der Waals surface area contributed by atoms with E-state index < -0.39 is 12.6 Å². The predicted octanol–water partition coefficient (Wildman–Crippen LogP) is 1.59. The summed E-state index contributed by atoms with van der Waals surface area (Å²) in [5.74, 6) is 0. The molecule has 1 aromatic carbocycles. The minimum Gasteiger partial charge on any atom is -0.171 e. The van der Waals surface area contributed by atoms with Crippen molar-refractivity contribution in [3.05, 3.63) is 29.8 Å². The Bertz CT molecular complexity index is 267. The lowest BCUT2D eigenvalue weighted by Crippen LogP contribution is -2.13. The van der Waals surface area contributed by atoms with Crippen LogP contribution in [0.5, 0.6) is 0 Å². The average molecular weight is 170 g/mol. The van der Waals surface area contributed by atoms with Gasteiger partial charge in [0.1, 0.15) is 7.85 Å². The molecule has 0 aliphatic carbocycles. The van der Waals surface area contributed by atoms with E-state index in [4.69, 9.17) is 7.85 Å². The SMILES string of the molecule is [B]c1cccc(CC(F)(F)F)c1. The van der Waals surface area contributed by atoms with E-state index in [-0.39, 0.29) is 5.56 Å². The third kappa shape index (κ3) is 2.99. The van der Waals surface area contributed by atoms with Gasteiger partial charge in [-0.25, -0.2) is 0 Å². The first-order chi connectivity index (χ1) is 5.47. The second kappa shape index (κ2) is 3.21. The first kappa shape index (κ1) is 9.17. The summed E-state index contributed by atoms with van der Waals surface area (Å²) in [6.07, 6.45) is -5.08. The van der Waals surface area contributed by atoms with E-state index in [9.17, 15) is 13.2 Å². The number of benzene rings is 1. The molecule has 12 heavy (non-hydrogen) atoms. The Morgan fingerprint density at radius 3 is 2.42 bits per heavy atom. The van der Waals surface area contributed by atoms with Gasteiger partial charge in [0.25, 0.3) is 0 Å². The zero-order valence-corrected chi connectivity index (χ0v) is 6.23. The third-order valence-corrected chi connectivity index (χ3v) is 1.36. The normalized spacial score (nSPS) is 11.6. The molecule has 0 heterocycles. The van der Waals surface area contributed by atoms with Crippen LogP contribution in [0, 0.1) is 0 Å². The first-order valence-corrected chi connectivity index (χ1v) is 3.38. The molecule has 0 spiro atoms. The molecule has 0 aliphatic heterocycles. The van der Waals surface area contributed by atoms with Gasteiger partial charge < -0.3 is 0 Å². The predicted molar refractivity (Wildman–Crippen MR) is 41.6 cm³/mol. The van der Waals surface area contributed by atoms with Crippen molar-refractivity contribution in [3.63, 3.8) is 0 Å². The van der Waals surface area contributed by atoms with E-state index >= 15 is 0 Å². The lowest BCUT2D eigenvalue weighted by atomic mass is 9.94. The van der Waals surface area contributed by atoms with Gasteiger partial charge in [-0.15, -0.1) is 0 Å². The van der Waals surface area contributed by atoms with Gasteiger partial charge in [-0.2, -0.15) is 13.2 Å². The van der Waals surface area contributed by atoms with Crippen LogP contribution in [0.25, 0.3) is 0 Å². The van der Waals surface area contributed by atoms with Gasteiger partial charge in [0.2, 0.25) is 0 Å². The van der Waals surface area contributed by atoms with Crippen molar-refractivity contribution >= 4 is 13.3 Å². The van der Waals surface area contributed by atoms with Crippen LogP contribution in [0.2, 0.25) is 0 Å². The summed E-state index contributed by atoms with van der Waals surface area (Å²) in [6, 6.07) is 5.80. The van der Waals surface area contributed by atoms with Crippen molar-refractivity contribution in [2.45, 2.75) is 12.6 Å². The van der Waals surface area contributed by atoms with Gasteiger partial charge in [-0.1, -0.05) is 29.7 Å². The summed E-state index contributed by atoms with van der Waals surface area (Å²) in [5.41, 5.74) is 0.555. The Morgan fingerprint density at radius 1 is 1.25 bits per heavy atom.